The Morgan fingerprint density at radius 1 is 1.19 bits per heavy atom. The Balaban J connectivity index is 1.60. The van der Waals surface area contributed by atoms with E-state index in [4.69, 9.17) is 9.72 Å². The highest BCUT2D eigenvalue weighted by atomic mass is 32.1. The summed E-state index contributed by atoms with van der Waals surface area (Å²) in [5.74, 6) is 0.817. The van der Waals surface area contributed by atoms with Gasteiger partial charge >= 0.3 is 6.09 Å². The number of nitrogens with zero attached hydrogens (tertiary/aromatic N) is 4. The van der Waals surface area contributed by atoms with Gasteiger partial charge in [-0.25, -0.2) is 9.78 Å². The molecule has 0 bridgehead atoms. The third kappa shape index (κ3) is 6.65. The molecule has 31 heavy (non-hydrogen) atoms. The van der Waals surface area contributed by atoms with Crippen molar-refractivity contribution in [2.24, 2.45) is 0 Å². The van der Waals surface area contributed by atoms with Gasteiger partial charge in [0.1, 0.15) is 17.1 Å². The number of nitrogens with one attached hydrogen (secondary N) is 1. The summed E-state index contributed by atoms with van der Waals surface area (Å²) in [7, 11) is 0. The summed E-state index contributed by atoms with van der Waals surface area (Å²) >= 11 is 1.53. The number of amides is 2. The van der Waals surface area contributed by atoms with Gasteiger partial charge in [-0.2, -0.15) is 0 Å². The summed E-state index contributed by atoms with van der Waals surface area (Å²) in [5, 5.41) is 4.86. The molecule has 0 saturated carbocycles. The maximum Gasteiger partial charge on any atom is 0.410 e. The quantitative estimate of drug-likeness (QED) is 0.709. The van der Waals surface area contributed by atoms with Gasteiger partial charge in [0.15, 0.2) is 0 Å². The zero-order valence-corrected chi connectivity index (χ0v) is 19.5. The fourth-order valence-corrected chi connectivity index (χ4v) is 3.96. The van der Waals surface area contributed by atoms with E-state index in [-0.39, 0.29) is 12.0 Å². The standard InChI is InChI=1S/C22H31N5O3S/c1-5-6-7-20(28)24-16-12-18(31-15-16)17-13-23-14-19(25-17)26-8-10-27(11-9-26)21(29)30-22(2,3)4/h12-15H,5-11H2,1-4H3,(H,24,28). The van der Waals surface area contributed by atoms with Crippen molar-refractivity contribution in [2.45, 2.75) is 52.6 Å². The van der Waals surface area contributed by atoms with Gasteiger partial charge in [-0.3, -0.25) is 9.78 Å². The molecule has 168 valence electrons. The minimum absolute atomic E-state index is 0.0360. The maximum absolute atomic E-state index is 12.3. The van der Waals surface area contributed by atoms with Crippen LogP contribution in [0.2, 0.25) is 0 Å². The fourth-order valence-electron chi connectivity index (χ4n) is 3.17. The van der Waals surface area contributed by atoms with E-state index in [0.717, 1.165) is 34.9 Å². The second kappa shape index (κ2) is 10.1. The Kier molecular flexibility index (Phi) is 7.48. The van der Waals surface area contributed by atoms with Crippen molar-refractivity contribution in [3.63, 3.8) is 0 Å². The number of carbonyl (C=O) groups is 2. The van der Waals surface area contributed by atoms with Crippen LogP contribution in [0.3, 0.4) is 0 Å². The molecule has 8 nitrogen and oxygen atoms in total. The second-order valence-electron chi connectivity index (χ2n) is 8.57. The van der Waals surface area contributed by atoms with E-state index >= 15 is 0 Å². The van der Waals surface area contributed by atoms with E-state index in [0.29, 0.717) is 32.6 Å². The molecule has 1 fully saturated rings. The Hall–Kier alpha value is -2.68. The number of carbonyl (C=O) groups excluding carboxylic acids is 2. The Morgan fingerprint density at radius 2 is 1.94 bits per heavy atom. The molecule has 1 N–H and O–H groups in total. The third-order valence-corrected chi connectivity index (χ3v) is 5.72. The molecule has 1 aliphatic rings. The topological polar surface area (TPSA) is 87.7 Å². The van der Waals surface area contributed by atoms with Crippen molar-refractivity contribution in [1.82, 2.24) is 14.9 Å². The average molecular weight is 446 g/mol. The molecule has 1 saturated heterocycles. The molecular formula is C22H31N5O3S. The molecule has 9 heteroatoms. The fraction of sp³-hybridized carbons (Fsp3) is 0.545. The van der Waals surface area contributed by atoms with Crippen LogP contribution in [0.15, 0.2) is 23.8 Å². The van der Waals surface area contributed by atoms with Crippen LogP contribution in [0.5, 0.6) is 0 Å². The first kappa shape index (κ1) is 23.0. The van der Waals surface area contributed by atoms with Gasteiger partial charge in [-0.1, -0.05) is 13.3 Å². The second-order valence-corrected chi connectivity index (χ2v) is 9.48. The SMILES string of the molecule is CCCCC(=O)Nc1csc(-c2cncc(N3CCN(C(=O)OC(C)(C)C)CC3)n2)c1. The zero-order chi connectivity index (χ0) is 22.4. The average Bonchev–Trinajstić information content (AvgIpc) is 3.19. The first-order chi connectivity index (χ1) is 14.7. The molecule has 2 amide bonds. The third-order valence-electron chi connectivity index (χ3n) is 4.77. The number of unbranched alkanes of at least 4 members (excludes halogenated alkanes) is 1. The largest absolute Gasteiger partial charge is 0.444 e. The number of hydrogen-bond donors (Lipinski definition) is 1. The Labute approximate surface area is 187 Å². The molecule has 0 spiro atoms. The Bertz CT molecular complexity index is 901. The van der Waals surface area contributed by atoms with E-state index in [1.165, 1.54) is 11.3 Å². The van der Waals surface area contributed by atoms with Crippen molar-refractivity contribution in [3.05, 3.63) is 23.8 Å². The molecule has 3 heterocycles. The van der Waals surface area contributed by atoms with Crippen LogP contribution in [0.25, 0.3) is 10.6 Å². The highest BCUT2D eigenvalue weighted by Crippen LogP contribution is 2.29. The van der Waals surface area contributed by atoms with Gasteiger partial charge in [0.2, 0.25) is 5.91 Å². The van der Waals surface area contributed by atoms with Crippen molar-refractivity contribution in [1.29, 1.82) is 0 Å². The van der Waals surface area contributed by atoms with Crippen molar-refractivity contribution >= 4 is 34.8 Å². The van der Waals surface area contributed by atoms with Crippen molar-refractivity contribution < 1.29 is 14.3 Å². The predicted octanol–water partition coefficient (Wildman–Crippen LogP) is 4.39. The number of rotatable bonds is 6. The van der Waals surface area contributed by atoms with Crippen LogP contribution in [0.4, 0.5) is 16.3 Å². The lowest BCUT2D eigenvalue weighted by Gasteiger charge is -2.36. The number of thiophene rings is 1. The predicted molar refractivity (Wildman–Crippen MR) is 124 cm³/mol. The number of aromatic nitrogens is 2. The van der Waals surface area contributed by atoms with Gasteiger partial charge in [-0.05, 0) is 33.3 Å². The number of ether oxygens (including phenoxy) is 1. The lowest BCUT2D eigenvalue weighted by atomic mass is 10.2. The van der Waals surface area contributed by atoms with Crippen LogP contribution >= 0.6 is 11.3 Å². The summed E-state index contributed by atoms with van der Waals surface area (Å²) in [5.41, 5.74) is 1.06. The van der Waals surface area contributed by atoms with Gasteiger partial charge < -0.3 is 19.9 Å². The van der Waals surface area contributed by atoms with Crippen molar-refractivity contribution in [3.8, 4) is 10.6 Å². The lowest BCUT2D eigenvalue weighted by Crippen LogP contribution is -2.50. The first-order valence-electron chi connectivity index (χ1n) is 10.7. The summed E-state index contributed by atoms with van der Waals surface area (Å²) in [6, 6.07) is 1.93. The van der Waals surface area contributed by atoms with Crippen LogP contribution < -0.4 is 10.2 Å². The van der Waals surface area contributed by atoms with E-state index < -0.39 is 5.60 Å². The zero-order valence-electron chi connectivity index (χ0n) is 18.7. The molecule has 1 aliphatic heterocycles. The highest BCUT2D eigenvalue weighted by Gasteiger charge is 2.26. The van der Waals surface area contributed by atoms with Crippen LogP contribution in [-0.2, 0) is 9.53 Å². The molecule has 3 rings (SSSR count). The number of piperazine rings is 1. The summed E-state index contributed by atoms with van der Waals surface area (Å²) < 4.78 is 5.46. The molecule has 2 aromatic rings. The normalized spacial score (nSPS) is 14.5. The van der Waals surface area contributed by atoms with E-state index in [1.54, 1.807) is 17.3 Å². The van der Waals surface area contributed by atoms with E-state index in [1.807, 2.05) is 32.2 Å². The molecule has 0 radical (unpaired) electrons. The maximum atomic E-state index is 12.3. The molecule has 0 unspecified atom stereocenters. The minimum Gasteiger partial charge on any atom is -0.444 e. The van der Waals surface area contributed by atoms with Crippen molar-refractivity contribution in [2.75, 3.05) is 36.4 Å². The van der Waals surface area contributed by atoms with E-state index in [2.05, 4.69) is 22.1 Å². The molecular weight excluding hydrogens is 414 g/mol. The van der Waals surface area contributed by atoms with Crippen LogP contribution in [-0.4, -0.2) is 58.6 Å². The van der Waals surface area contributed by atoms with Gasteiger partial charge in [0.05, 0.1) is 23.0 Å². The van der Waals surface area contributed by atoms with Crippen LogP contribution in [0, 0.1) is 0 Å². The van der Waals surface area contributed by atoms with E-state index in [9.17, 15) is 9.59 Å². The molecule has 0 aliphatic carbocycles. The summed E-state index contributed by atoms with van der Waals surface area (Å²) in [6.45, 7) is 10.2. The minimum atomic E-state index is -0.497. The molecule has 0 aromatic carbocycles. The summed E-state index contributed by atoms with van der Waals surface area (Å²) in [6.07, 6.45) is 5.61. The highest BCUT2D eigenvalue weighted by molar-refractivity contribution is 7.14. The van der Waals surface area contributed by atoms with Gasteiger partial charge in [0.25, 0.3) is 0 Å². The summed E-state index contributed by atoms with van der Waals surface area (Å²) in [4.78, 5) is 38.1. The number of anilines is 2. The van der Waals surface area contributed by atoms with Gasteiger partial charge in [0, 0.05) is 38.0 Å². The van der Waals surface area contributed by atoms with Gasteiger partial charge in [-0.15, -0.1) is 11.3 Å². The first-order valence-corrected chi connectivity index (χ1v) is 11.6. The van der Waals surface area contributed by atoms with Crippen LogP contribution in [0.1, 0.15) is 47.0 Å². The Morgan fingerprint density at radius 3 is 2.61 bits per heavy atom. The lowest BCUT2D eigenvalue weighted by molar-refractivity contribution is -0.116. The monoisotopic (exact) mass is 445 g/mol. The molecule has 0 atom stereocenters. The number of hydrogen-bond acceptors (Lipinski definition) is 7. The molecule has 2 aromatic heterocycles. The smallest absolute Gasteiger partial charge is 0.410 e.